The Kier molecular flexibility index (Phi) is 4.72. The molecule has 1 aromatic heterocycles. The van der Waals surface area contributed by atoms with Crippen molar-refractivity contribution >= 4 is 5.91 Å². The first-order valence-corrected chi connectivity index (χ1v) is 8.05. The summed E-state index contributed by atoms with van der Waals surface area (Å²) >= 11 is 0. The number of rotatable bonds is 3. The molecule has 23 heavy (non-hydrogen) atoms. The molecule has 0 saturated carbocycles. The highest BCUT2D eigenvalue weighted by atomic mass is 16.5. The van der Waals surface area contributed by atoms with Crippen molar-refractivity contribution < 1.29 is 9.53 Å². The number of nitrogens with one attached hydrogen (secondary N) is 1. The van der Waals surface area contributed by atoms with Gasteiger partial charge in [0.05, 0.1) is 5.69 Å². The van der Waals surface area contributed by atoms with Crippen molar-refractivity contribution in [1.29, 1.82) is 0 Å². The number of benzene rings is 1. The van der Waals surface area contributed by atoms with Crippen molar-refractivity contribution in [2.75, 3.05) is 6.61 Å². The van der Waals surface area contributed by atoms with Crippen LogP contribution in [-0.4, -0.2) is 23.5 Å². The van der Waals surface area contributed by atoms with Gasteiger partial charge in [-0.25, -0.2) is 0 Å². The van der Waals surface area contributed by atoms with Crippen LogP contribution in [0.25, 0.3) is 0 Å². The molecule has 0 bridgehead atoms. The smallest absolute Gasteiger partial charge is 0.251 e. The highest BCUT2D eigenvalue weighted by Crippen LogP contribution is 2.27. The molecule has 1 aromatic carbocycles. The second-order valence-electron chi connectivity index (χ2n) is 6.06. The average molecular weight is 310 g/mol. The molecular formula is C19H22N2O2. The van der Waals surface area contributed by atoms with E-state index in [9.17, 15) is 4.79 Å². The van der Waals surface area contributed by atoms with Crippen LogP contribution in [0.1, 0.15) is 46.1 Å². The Labute approximate surface area is 136 Å². The van der Waals surface area contributed by atoms with Gasteiger partial charge < -0.3 is 10.1 Å². The SMILES string of the molecule is Cc1cccc(C(=O)N[C@@H]2CCO[C@@H](c3ccccn3)C2)c1C. The first-order valence-electron chi connectivity index (χ1n) is 8.05. The summed E-state index contributed by atoms with van der Waals surface area (Å²) in [5.74, 6) is -0.00197. The fraction of sp³-hybridized carbons (Fsp3) is 0.368. The lowest BCUT2D eigenvalue weighted by Gasteiger charge is -2.30. The molecule has 1 saturated heterocycles. The Hall–Kier alpha value is -2.20. The molecule has 1 N–H and O–H groups in total. The van der Waals surface area contributed by atoms with E-state index in [2.05, 4.69) is 10.3 Å². The van der Waals surface area contributed by atoms with Crippen molar-refractivity contribution in [1.82, 2.24) is 10.3 Å². The molecule has 2 atom stereocenters. The zero-order valence-electron chi connectivity index (χ0n) is 13.6. The van der Waals surface area contributed by atoms with Gasteiger partial charge in [0.2, 0.25) is 0 Å². The summed E-state index contributed by atoms with van der Waals surface area (Å²) in [6.45, 7) is 4.65. The molecule has 0 aliphatic carbocycles. The number of nitrogens with zero attached hydrogens (tertiary/aromatic N) is 1. The lowest BCUT2D eigenvalue weighted by molar-refractivity contribution is -0.00152. The molecule has 4 heteroatoms. The molecule has 4 nitrogen and oxygen atoms in total. The molecule has 0 unspecified atom stereocenters. The molecule has 1 amide bonds. The van der Waals surface area contributed by atoms with Crippen LogP contribution in [-0.2, 0) is 4.74 Å². The van der Waals surface area contributed by atoms with E-state index >= 15 is 0 Å². The molecule has 2 heterocycles. The van der Waals surface area contributed by atoms with Crippen molar-refractivity contribution in [3.05, 3.63) is 65.0 Å². The van der Waals surface area contributed by atoms with Crippen LogP contribution >= 0.6 is 0 Å². The lowest BCUT2D eigenvalue weighted by atomic mass is 9.98. The third kappa shape index (κ3) is 3.59. The number of hydrogen-bond donors (Lipinski definition) is 1. The van der Waals surface area contributed by atoms with E-state index in [1.165, 1.54) is 0 Å². The predicted molar refractivity (Wildman–Crippen MR) is 89.3 cm³/mol. The monoisotopic (exact) mass is 310 g/mol. The maximum atomic E-state index is 12.6. The summed E-state index contributed by atoms with van der Waals surface area (Å²) in [7, 11) is 0. The highest BCUT2D eigenvalue weighted by molar-refractivity contribution is 5.96. The summed E-state index contributed by atoms with van der Waals surface area (Å²) in [5, 5.41) is 3.16. The normalized spacial score (nSPS) is 21.0. The Balaban J connectivity index is 1.68. The van der Waals surface area contributed by atoms with E-state index in [4.69, 9.17) is 4.74 Å². The largest absolute Gasteiger partial charge is 0.372 e. The molecular weight excluding hydrogens is 288 g/mol. The van der Waals surface area contributed by atoms with Crippen molar-refractivity contribution in [2.24, 2.45) is 0 Å². The minimum atomic E-state index is -0.0474. The standard InChI is InChI=1S/C19H22N2O2/c1-13-6-5-7-16(14(13)2)19(22)21-15-9-11-23-18(12-15)17-8-3-4-10-20-17/h3-8,10,15,18H,9,11-12H2,1-2H3,(H,21,22)/t15-,18-/m1/s1. The predicted octanol–water partition coefficient (Wildman–Crippen LogP) is 3.35. The number of hydrogen-bond acceptors (Lipinski definition) is 3. The first kappa shape index (κ1) is 15.7. The number of ether oxygens (including phenoxy) is 1. The minimum Gasteiger partial charge on any atom is -0.372 e. The van der Waals surface area contributed by atoms with E-state index in [0.717, 1.165) is 35.2 Å². The number of aryl methyl sites for hydroxylation is 1. The van der Waals surface area contributed by atoms with Crippen LogP contribution < -0.4 is 5.32 Å². The van der Waals surface area contributed by atoms with Gasteiger partial charge in [0.15, 0.2) is 0 Å². The summed E-state index contributed by atoms with van der Waals surface area (Å²) in [4.78, 5) is 16.9. The highest BCUT2D eigenvalue weighted by Gasteiger charge is 2.26. The topological polar surface area (TPSA) is 51.2 Å². The molecule has 1 fully saturated rings. The molecule has 2 aromatic rings. The summed E-state index contributed by atoms with van der Waals surface area (Å²) in [6, 6.07) is 11.8. The van der Waals surface area contributed by atoms with Crippen LogP contribution in [0, 0.1) is 13.8 Å². The number of carbonyl (C=O) groups is 1. The van der Waals surface area contributed by atoms with Crippen LogP contribution in [0.3, 0.4) is 0 Å². The van der Waals surface area contributed by atoms with E-state index < -0.39 is 0 Å². The van der Waals surface area contributed by atoms with Gasteiger partial charge in [-0.05, 0) is 56.0 Å². The third-order valence-electron chi connectivity index (χ3n) is 4.49. The average Bonchev–Trinajstić information content (AvgIpc) is 2.58. The van der Waals surface area contributed by atoms with Gasteiger partial charge in [0.25, 0.3) is 5.91 Å². The van der Waals surface area contributed by atoms with E-state index in [0.29, 0.717) is 6.61 Å². The van der Waals surface area contributed by atoms with Crippen LogP contribution in [0.4, 0.5) is 0 Å². The Morgan fingerprint density at radius 1 is 1.22 bits per heavy atom. The zero-order valence-corrected chi connectivity index (χ0v) is 13.6. The molecule has 1 aliphatic rings. The number of pyridine rings is 1. The van der Waals surface area contributed by atoms with Gasteiger partial charge in [0.1, 0.15) is 6.10 Å². The molecule has 0 radical (unpaired) electrons. The zero-order chi connectivity index (χ0) is 16.2. The number of amides is 1. The minimum absolute atomic E-state index is 0.00197. The summed E-state index contributed by atoms with van der Waals surface area (Å²) < 4.78 is 5.81. The maximum absolute atomic E-state index is 12.6. The summed E-state index contributed by atoms with van der Waals surface area (Å²) in [5.41, 5.74) is 3.86. The Morgan fingerprint density at radius 3 is 2.87 bits per heavy atom. The lowest BCUT2D eigenvalue weighted by Crippen LogP contribution is -2.40. The molecule has 120 valence electrons. The third-order valence-corrected chi connectivity index (χ3v) is 4.49. The fourth-order valence-corrected chi connectivity index (χ4v) is 2.96. The molecule has 1 aliphatic heterocycles. The number of aromatic nitrogens is 1. The van der Waals surface area contributed by atoms with Crippen LogP contribution in [0.15, 0.2) is 42.6 Å². The van der Waals surface area contributed by atoms with E-state index in [-0.39, 0.29) is 18.1 Å². The van der Waals surface area contributed by atoms with Crippen molar-refractivity contribution in [3.8, 4) is 0 Å². The molecule has 3 rings (SSSR count). The van der Waals surface area contributed by atoms with Gasteiger partial charge in [-0.1, -0.05) is 18.2 Å². The first-order chi connectivity index (χ1) is 11.1. The quantitative estimate of drug-likeness (QED) is 0.946. The van der Waals surface area contributed by atoms with Gasteiger partial charge >= 0.3 is 0 Å². The molecule has 0 spiro atoms. The van der Waals surface area contributed by atoms with E-state index in [1.807, 2.05) is 50.2 Å². The summed E-state index contributed by atoms with van der Waals surface area (Å²) in [6.07, 6.45) is 3.32. The fourth-order valence-electron chi connectivity index (χ4n) is 2.96. The number of carbonyl (C=O) groups excluding carboxylic acids is 1. The van der Waals surface area contributed by atoms with Crippen molar-refractivity contribution in [3.63, 3.8) is 0 Å². The Morgan fingerprint density at radius 2 is 2.09 bits per heavy atom. The van der Waals surface area contributed by atoms with Gasteiger partial charge in [-0.2, -0.15) is 0 Å². The van der Waals surface area contributed by atoms with Gasteiger partial charge in [-0.15, -0.1) is 0 Å². The van der Waals surface area contributed by atoms with Crippen LogP contribution in [0.2, 0.25) is 0 Å². The second kappa shape index (κ2) is 6.92. The van der Waals surface area contributed by atoms with Gasteiger partial charge in [0, 0.05) is 24.4 Å². The Bertz CT molecular complexity index is 685. The second-order valence-corrected chi connectivity index (χ2v) is 6.06. The van der Waals surface area contributed by atoms with Gasteiger partial charge in [-0.3, -0.25) is 9.78 Å². The van der Waals surface area contributed by atoms with Crippen molar-refractivity contribution in [2.45, 2.75) is 38.8 Å². The van der Waals surface area contributed by atoms with E-state index in [1.54, 1.807) is 6.20 Å². The van der Waals surface area contributed by atoms with Crippen LogP contribution in [0.5, 0.6) is 0 Å². The maximum Gasteiger partial charge on any atom is 0.251 e.